The topological polar surface area (TPSA) is 29.5 Å². The Morgan fingerprint density at radius 1 is 1.24 bits per heavy atom. The first-order chi connectivity index (χ1) is 8.18. The van der Waals surface area contributed by atoms with Crippen molar-refractivity contribution in [2.75, 3.05) is 13.2 Å². The smallest absolute Gasteiger partial charge is 0.129 e. The van der Waals surface area contributed by atoms with E-state index in [9.17, 15) is 13.9 Å². The van der Waals surface area contributed by atoms with Gasteiger partial charge in [0, 0.05) is 25.2 Å². The van der Waals surface area contributed by atoms with E-state index >= 15 is 0 Å². The average molecular weight is 242 g/mol. The average Bonchev–Trinajstić information content (AvgIpc) is 2.35. The summed E-state index contributed by atoms with van der Waals surface area (Å²) in [4.78, 5) is 0. The zero-order valence-electron chi connectivity index (χ0n) is 9.53. The first-order valence-corrected chi connectivity index (χ1v) is 5.87. The molecule has 1 aliphatic heterocycles. The van der Waals surface area contributed by atoms with Crippen molar-refractivity contribution in [3.8, 4) is 0 Å². The van der Waals surface area contributed by atoms with Crippen LogP contribution in [0.5, 0.6) is 0 Å². The van der Waals surface area contributed by atoms with Crippen LogP contribution in [0.25, 0.3) is 0 Å². The summed E-state index contributed by atoms with van der Waals surface area (Å²) in [7, 11) is 0. The van der Waals surface area contributed by atoms with Crippen LogP contribution in [0.1, 0.15) is 18.4 Å². The summed E-state index contributed by atoms with van der Waals surface area (Å²) in [5, 5.41) is 9.99. The van der Waals surface area contributed by atoms with Gasteiger partial charge in [-0.25, -0.2) is 8.78 Å². The summed E-state index contributed by atoms with van der Waals surface area (Å²) in [6.07, 6.45) is 0.822. The third-order valence-corrected chi connectivity index (χ3v) is 3.29. The Morgan fingerprint density at radius 3 is 2.41 bits per heavy atom. The van der Waals surface area contributed by atoms with Crippen LogP contribution in [0.3, 0.4) is 0 Å². The quantitative estimate of drug-likeness (QED) is 0.881. The largest absolute Gasteiger partial charge is 0.392 e. The first kappa shape index (κ1) is 12.5. The van der Waals surface area contributed by atoms with Gasteiger partial charge >= 0.3 is 0 Å². The van der Waals surface area contributed by atoms with E-state index in [4.69, 9.17) is 4.74 Å². The Labute approximate surface area is 99.2 Å². The summed E-state index contributed by atoms with van der Waals surface area (Å²) in [6.45, 7) is 1.23. The molecule has 0 radical (unpaired) electrons. The van der Waals surface area contributed by atoms with Crippen LogP contribution in [0.4, 0.5) is 8.78 Å². The maximum Gasteiger partial charge on any atom is 0.129 e. The van der Waals surface area contributed by atoms with Gasteiger partial charge in [0.05, 0.1) is 6.10 Å². The zero-order valence-corrected chi connectivity index (χ0v) is 9.53. The Bertz CT molecular complexity index is 355. The number of halogens is 2. The van der Waals surface area contributed by atoms with Crippen LogP contribution in [-0.4, -0.2) is 24.4 Å². The molecule has 94 valence electrons. The lowest BCUT2D eigenvalue weighted by Gasteiger charge is -2.26. The lowest BCUT2D eigenvalue weighted by molar-refractivity contribution is 0.00783. The standard InChI is InChI=1S/C13H16F2O2/c14-11-2-1-3-12(15)10(11)8-13(16)9-4-6-17-7-5-9/h1-3,9,13,16H,4-8H2. The van der Waals surface area contributed by atoms with E-state index in [2.05, 4.69) is 0 Å². The van der Waals surface area contributed by atoms with E-state index in [-0.39, 0.29) is 17.9 Å². The maximum absolute atomic E-state index is 13.4. The van der Waals surface area contributed by atoms with Gasteiger partial charge in [-0.2, -0.15) is 0 Å². The lowest BCUT2D eigenvalue weighted by atomic mass is 9.89. The predicted molar refractivity (Wildman–Crippen MR) is 59.6 cm³/mol. The second-order valence-corrected chi connectivity index (χ2v) is 4.42. The number of rotatable bonds is 3. The van der Waals surface area contributed by atoms with Gasteiger partial charge in [0.2, 0.25) is 0 Å². The third kappa shape index (κ3) is 3.01. The van der Waals surface area contributed by atoms with E-state index in [0.717, 1.165) is 12.8 Å². The molecular formula is C13H16F2O2. The minimum Gasteiger partial charge on any atom is -0.392 e. The monoisotopic (exact) mass is 242 g/mol. The molecule has 1 atom stereocenters. The molecule has 1 unspecified atom stereocenters. The molecule has 2 rings (SSSR count). The molecule has 1 aromatic rings. The van der Waals surface area contributed by atoms with Crippen LogP contribution in [-0.2, 0) is 11.2 Å². The van der Waals surface area contributed by atoms with Crippen molar-refractivity contribution in [2.45, 2.75) is 25.4 Å². The van der Waals surface area contributed by atoms with Crippen LogP contribution in [0.15, 0.2) is 18.2 Å². The molecule has 0 spiro atoms. The van der Waals surface area contributed by atoms with E-state index in [1.54, 1.807) is 0 Å². The lowest BCUT2D eigenvalue weighted by Crippen LogP contribution is -2.29. The molecule has 1 fully saturated rings. The summed E-state index contributed by atoms with van der Waals surface area (Å²) in [6, 6.07) is 3.76. The second kappa shape index (κ2) is 5.56. The molecule has 1 saturated heterocycles. The molecule has 0 amide bonds. The van der Waals surface area contributed by atoms with Crippen LogP contribution in [0, 0.1) is 17.6 Å². The third-order valence-electron chi connectivity index (χ3n) is 3.29. The number of benzene rings is 1. The fourth-order valence-electron chi connectivity index (χ4n) is 2.20. The van der Waals surface area contributed by atoms with Gasteiger partial charge in [-0.05, 0) is 30.9 Å². The van der Waals surface area contributed by atoms with Gasteiger partial charge in [-0.1, -0.05) is 6.07 Å². The Morgan fingerprint density at radius 2 is 1.82 bits per heavy atom. The van der Waals surface area contributed by atoms with Crippen molar-refractivity contribution in [1.29, 1.82) is 0 Å². The van der Waals surface area contributed by atoms with E-state index in [0.29, 0.717) is 13.2 Å². The highest BCUT2D eigenvalue weighted by molar-refractivity contribution is 5.20. The fraction of sp³-hybridized carbons (Fsp3) is 0.538. The molecule has 0 saturated carbocycles. The molecule has 1 N–H and O–H groups in total. The Balaban J connectivity index is 2.04. The summed E-state index contributed by atoms with van der Waals surface area (Å²) < 4.78 is 32.0. The van der Waals surface area contributed by atoms with Crippen molar-refractivity contribution in [3.63, 3.8) is 0 Å². The SMILES string of the molecule is OC(Cc1c(F)cccc1F)C1CCOCC1. The Hall–Kier alpha value is -1.00. The van der Waals surface area contributed by atoms with Crippen LogP contribution >= 0.6 is 0 Å². The maximum atomic E-state index is 13.4. The second-order valence-electron chi connectivity index (χ2n) is 4.42. The summed E-state index contributed by atoms with van der Waals surface area (Å²) >= 11 is 0. The highest BCUT2D eigenvalue weighted by Gasteiger charge is 2.24. The zero-order chi connectivity index (χ0) is 12.3. The molecule has 17 heavy (non-hydrogen) atoms. The number of aliphatic hydroxyl groups excluding tert-OH is 1. The molecule has 0 bridgehead atoms. The molecule has 4 heteroatoms. The van der Waals surface area contributed by atoms with E-state index < -0.39 is 17.7 Å². The fourth-order valence-corrected chi connectivity index (χ4v) is 2.20. The molecule has 0 aliphatic carbocycles. The number of ether oxygens (including phenoxy) is 1. The Kier molecular flexibility index (Phi) is 4.07. The van der Waals surface area contributed by atoms with E-state index in [1.165, 1.54) is 18.2 Å². The first-order valence-electron chi connectivity index (χ1n) is 5.87. The van der Waals surface area contributed by atoms with Crippen LogP contribution < -0.4 is 0 Å². The van der Waals surface area contributed by atoms with Gasteiger partial charge in [0.15, 0.2) is 0 Å². The van der Waals surface area contributed by atoms with Gasteiger partial charge in [-0.15, -0.1) is 0 Å². The van der Waals surface area contributed by atoms with Crippen molar-refractivity contribution in [2.24, 2.45) is 5.92 Å². The van der Waals surface area contributed by atoms with Gasteiger partial charge in [0.1, 0.15) is 11.6 Å². The van der Waals surface area contributed by atoms with Crippen molar-refractivity contribution in [3.05, 3.63) is 35.4 Å². The van der Waals surface area contributed by atoms with Gasteiger partial charge in [-0.3, -0.25) is 0 Å². The summed E-state index contributed by atoms with van der Waals surface area (Å²) in [5.74, 6) is -1.10. The minimum absolute atomic E-state index is 0.0218. The molecule has 0 aromatic heterocycles. The summed E-state index contributed by atoms with van der Waals surface area (Å²) in [5.41, 5.74) is -0.0218. The van der Waals surface area contributed by atoms with Crippen molar-refractivity contribution >= 4 is 0 Å². The number of aliphatic hydroxyl groups is 1. The van der Waals surface area contributed by atoms with Gasteiger partial charge in [0.25, 0.3) is 0 Å². The molecule has 1 aliphatic rings. The normalized spacial score (nSPS) is 19.2. The van der Waals surface area contributed by atoms with Crippen LogP contribution in [0.2, 0.25) is 0 Å². The minimum atomic E-state index is -0.703. The van der Waals surface area contributed by atoms with E-state index in [1.807, 2.05) is 0 Å². The molecule has 1 aromatic carbocycles. The predicted octanol–water partition coefficient (Wildman–Crippen LogP) is 2.29. The van der Waals surface area contributed by atoms with Crippen molar-refractivity contribution < 1.29 is 18.6 Å². The number of hydrogen-bond donors (Lipinski definition) is 1. The highest BCUT2D eigenvalue weighted by Crippen LogP contribution is 2.23. The van der Waals surface area contributed by atoms with Crippen molar-refractivity contribution in [1.82, 2.24) is 0 Å². The van der Waals surface area contributed by atoms with Gasteiger partial charge < -0.3 is 9.84 Å². The molecular weight excluding hydrogens is 226 g/mol. The highest BCUT2D eigenvalue weighted by atomic mass is 19.1. The number of hydrogen-bond acceptors (Lipinski definition) is 2. The molecule has 2 nitrogen and oxygen atoms in total. The molecule has 1 heterocycles.